The lowest BCUT2D eigenvalue weighted by Gasteiger charge is -2.34. The minimum atomic E-state index is -2.31. The second-order valence-electron chi connectivity index (χ2n) is 8.77. The summed E-state index contributed by atoms with van der Waals surface area (Å²) in [5.41, 5.74) is -3.27. The number of aliphatic hydroxyl groups excluding tert-OH is 1. The van der Waals surface area contributed by atoms with E-state index in [1.54, 1.807) is 0 Å². The molecular weight excluding hydrogens is 432 g/mol. The van der Waals surface area contributed by atoms with E-state index in [0.29, 0.717) is 17.6 Å². The highest BCUT2D eigenvalue weighted by Crippen LogP contribution is 2.54. The van der Waals surface area contributed by atoms with Gasteiger partial charge in [-0.2, -0.15) is 0 Å². The Labute approximate surface area is 184 Å². The molecule has 10 heteroatoms. The van der Waals surface area contributed by atoms with Crippen LogP contribution in [0.2, 0.25) is 0 Å². The topological polar surface area (TPSA) is 140 Å². The number of ether oxygens (including phenoxy) is 3. The third kappa shape index (κ3) is 4.00. The van der Waals surface area contributed by atoms with Crippen molar-refractivity contribution in [2.75, 3.05) is 12.5 Å². The van der Waals surface area contributed by atoms with Gasteiger partial charge in [0.05, 0.1) is 17.9 Å². The molecule has 3 aliphatic rings. The lowest BCUT2D eigenvalue weighted by Crippen LogP contribution is -2.54. The molecule has 0 aromatic heterocycles. The largest absolute Gasteiger partial charge is 0.462 e. The summed E-state index contributed by atoms with van der Waals surface area (Å²) in [4.78, 5) is 36.7. The minimum absolute atomic E-state index is 0.0332. The van der Waals surface area contributed by atoms with Gasteiger partial charge in [-0.3, -0.25) is 4.79 Å². The van der Waals surface area contributed by atoms with Crippen LogP contribution in [-0.2, 0) is 28.6 Å². The van der Waals surface area contributed by atoms with Crippen molar-refractivity contribution >= 4 is 29.5 Å². The molecule has 0 aromatic rings. The second kappa shape index (κ2) is 8.20. The van der Waals surface area contributed by atoms with Crippen LogP contribution < -0.4 is 0 Å². The Morgan fingerprint density at radius 3 is 2.61 bits per heavy atom. The van der Waals surface area contributed by atoms with Gasteiger partial charge in [0.2, 0.25) is 5.60 Å². The Morgan fingerprint density at radius 2 is 2.03 bits per heavy atom. The number of alkyl halides is 1. The van der Waals surface area contributed by atoms with E-state index in [4.69, 9.17) is 25.8 Å². The zero-order valence-corrected chi connectivity index (χ0v) is 18.1. The summed E-state index contributed by atoms with van der Waals surface area (Å²) in [6.45, 7) is 9.58. The van der Waals surface area contributed by atoms with Crippen molar-refractivity contribution in [2.24, 2.45) is 17.8 Å². The van der Waals surface area contributed by atoms with Gasteiger partial charge in [-0.25, -0.2) is 9.59 Å². The minimum Gasteiger partial charge on any atom is -0.462 e. The molecule has 0 bridgehead atoms. The van der Waals surface area contributed by atoms with E-state index in [1.807, 2.05) is 0 Å². The Balaban J connectivity index is 2.05. The summed E-state index contributed by atoms with van der Waals surface area (Å²) in [6.07, 6.45) is -2.66. The number of hydrogen-bond acceptors (Lipinski definition) is 9. The maximum atomic E-state index is 12.7. The summed E-state index contributed by atoms with van der Waals surface area (Å²) in [5.74, 6) is -5.29. The van der Waals surface area contributed by atoms with Gasteiger partial charge in [-0.15, -0.1) is 11.6 Å². The summed E-state index contributed by atoms with van der Waals surface area (Å²) < 4.78 is 16.0. The van der Waals surface area contributed by atoms with Crippen molar-refractivity contribution in [3.63, 3.8) is 0 Å². The molecule has 8 atom stereocenters. The first-order chi connectivity index (χ1) is 14.3. The molecule has 9 nitrogen and oxygen atoms in total. The van der Waals surface area contributed by atoms with Crippen molar-refractivity contribution in [1.29, 1.82) is 0 Å². The SMILES string of the molecule is C=C1CC(OC(=O)C(C)(O)CCl)C2C(OC(=O)C2(O)COC(C)=O)C2C(=C)C(O)CC12. The van der Waals surface area contributed by atoms with Crippen LogP contribution in [0.3, 0.4) is 0 Å². The first-order valence-corrected chi connectivity index (χ1v) is 10.5. The maximum absolute atomic E-state index is 12.7. The van der Waals surface area contributed by atoms with Gasteiger partial charge >= 0.3 is 17.9 Å². The van der Waals surface area contributed by atoms with Crippen molar-refractivity contribution in [2.45, 2.75) is 56.2 Å². The average molecular weight is 459 g/mol. The third-order valence-corrected chi connectivity index (χ3v) is 6.99. The molecule has 0 radical (unpaired) electrons. The molecule has 0 aromatic carbocycles. The molecule has 2 saturated carbocycles. The van der Waals surface area contributed by atoms with Gasteiger partial charge in [-0.05, 0) is 24.8 Å². The van der Waals surface area contributed by atoms with E-state index >= 15 is 0 Å². The molecule has 172 valence electrons. The summed E-state index contributed by atoms with van der Waals surface area (Å²) in [5, 5.41) is 31.8. The second-order valence-corrected chi connectivity index (χ2v) is 9.04. The number of esters is 3. The molecule has 3 fully saturated rings. The fourth-order valence-electron chi connectivity index (χ4n) is 4.74. The van der Waals surface area contributed by atoms with Gasteiger partial charge in [0.25, 0.3) is 0 Å². The van der Waals surface area contributed by atoms with Gasteiger partial charge in [-0.1, -0.05) is 18.7 Å². The highest BCUT2D eigenvalue weighted by atomic mass is 35.5. The molecule has 3 N–H and O–H groups in total. The van der Waals surface area contributed by atoms with Gasteiger partial charge in [0, 0.05) is 19.3 Å². The predicted molar refractivity (Wildman–Crippen MR) is 107 cm³/mol. The zero-order chi connectivity index (χ0) is 23.3. The van der Waals surface area contributed by atoms with Crippen molar-refractivity contribution in [3.05, 3.63) is 24.3 Å². The normalized spacial score (nSPS) is 39.1. The number of fused-ring (bicyclic) bond motifs is 3. The van der Waals surface area contributed by atoms with Crippen LogP contribution >= 0.6 is 11.6 Å². The standard InChI is InChI=1S/C21H27ClO9/c1-9-5-14(30-18(25)20(4,27)7-22)16-17(15-10(2)13(24)6-12(9)15)31-19(26)21(16,28)8-29-11(3)23/h12-17,24,27-28H,1-2,5-8H2,3-4H3. The average Bonchev–Trinajstić information content (AvgIpc) is 3.08. The highest BCUT2D eigenvalue weighted by molar-refractivity contribution is 6.20. The number of halogens is 1. The van der Waals surface area contributed by atoms with E-state index < -0.39 is 71.7 Å². The number of aliphatic hydroxyl groups is 3. The van der Waals surface area contributed by atoms with Gasteiger partial charge in [0.1, 0.15) is 18.8 Å². The fourth-order valence-corrected chi connectivity index (χ4v) is 4.85. The van der Waals surface area contributed by atoms with Crippen LogP contribution in [0.5, 0.6) is 0 Å². The van der Waals surface area contributed by atoms with E-state index in [2.05, 4.69) is 13.2 Å². The Bertz CT molecular complexity index is 822. The van der Waals surface area contributed by atoms with Crippen LogP contribution in [0, 0.1) is 17.8 Å². The Kier molecular flexibility index (Phi) is 6.27. The molecule has 0 spiro atoms. The van der Waals surface area contributed by atoms with E-state index in [9.17, 15) is 29.7 Å². The van der Waals surface area contributed by atoms with Crippen LogP contribution in [0.25, 0.3) is 0 Å². The molecule has 2 aliphatic carbocycles. The van der Waals surface area contributed by atoms with Gasteiger partial charge in [0.15, 0.2) is 5.60 Å². The first kappa shape index (κ1) is 23.7. The third-order valence-electron chi connectivity index (χ3n) is 6.46. The number of carbonyl (C=O) groups excluding carboxylic acids is 3. The quantitative estimate of drug-likeness (QED) is 0.228. The lowest BCUT2D eigenvalue weighted by molar-refractivity contribution is -0.181. The Hall–Kier alpha value is -1.94. The number of hydrogen-bond donors (Lipinski definition) is 3. The maximum Gasteiger partial charge on any atom is 0.342 e. The van der Waals surface area contributed by atoms with Crippen molar-refractivity contribution < 1.29 is 43.9 Å². The number of carbonyl (C=O) groups is 3. The smallest absolute Gasteiger partial charge is 0.342 e. The van der Waals surface area contributed by atoms with Crippen LogP contribution in [0.4, 0.5) is 0 Å². The van der Waals surface area contributed by atoms with E-state index in [1.165, 1.54) is 6.92 Å². The predicted octanol–water partition coefficient (Wildman–Crippen LogP) is 0.237. The first-order valence-electron chi connectivity index (χ1n) is 9.94. The van der Waals surface area contributed by atoms with E-state index in [-0.39, 0.29) is 12.3 Å². The molecule has 1 saturated heterocycles. The zero-order valence-electron chi connectivity index (χ0n) is 17.4. The highest BCUT2D eigenvalue weighted by Gasteiger charge is 2.66. The summed E-state index contributed by atoms with van der Waals surface area (Å²) in [7, 11) is 0. The molecule has 3 rings (SSSR count). The van der Waals surface area contributed by atoms with Crippen molar-refractivity contribution in [1.82, 2.24) is 0 Å². The molecule has 1 heterocycles. The molecular formula is C21H27ClO9. The number of rotatable bonds is 5. The van der Waals surface area contributed by atoms with Crippen LogP contribution in [-0.4, -0.2) is 75.2 Å². The van der Waals surface area contributed by atoms with E-state index in [0.717, 1.165) is 6.92 Å². The van der Waals surface area contributed by atoms with Gasteiger partial charge < -0.3 is 29.5 Å². The molecule has 31 heavy (non-hydrogen) atoms. The summed E-state index contributed by atoms with van der Waals surface area (Å²) in [6, 6.07) is 0. The monoisotopic (exact) mass is 458 g/mol. The molecule has 8 unspecified atom stereocenters. The summed E-state index contributed by atoms with van der Waals surface area (Å²) >= 11 is 5.66. The molecule has 0 amide bonds. The Morgan fingerprint density at radius 1 is 1.39 bits per heavy atom. The lowest BCUT2D eigenvalue weighted by atomic mass is 9.76. The van der Waals surface area contributed by atoms with Crippen molar-refractivity contribution in [3.8, 4) is 0 Å². The molecule has 1 aliphatic heterocycles. The van der Waals surface area contributed by atoms with Crippen LogP contribution in [0.1, 0.15) is 26.7 Å². The fraction of sp³-hybridized carbons (Fsp3) is 0.667. The van der Waals surface area contributed by atoms with Crippen LogP contribution in [0.15, 0.2) is 24.3 Å².